The van der Waals surface area contributed by atoms with Crippen LogP contribution in [0.2, 0.25) is 0 Å². The Morgan fingerprint density at radius 1 is 1.33 bits per heavy atom. The van der Waals surface area contributed by atoms with Crippen molar-refractivity contribution in [2.24, 2.45) is 5.92 Å². The molecule has 0 bridgehead atoms. The number of rotatable bonds is 3. The van der Waals surface area contributed by atoms with Crippen LogP contribution in [0, 0.1) is 5.92 Å². The monoisotopic (exact) mass is 308 g/mol. The highest BCUT2D eigenvalue weighted by Gasteiger charge is 2.29. The summed E-state index contributed by atoms with van der Waals surface area (Å²) < 4.78 is 4.89. The van der Waals surface area contributed by atoms with Crippen LogP contribution in [0.5, 0.6) is 0 Å². The van der Waals surface area contributed by atoms with E-state index < -0.39 is 0 Å². The van der Waals surface area contributed by atoms with E-state index >= 15 is 0 Å². The highest BCUT2D eigenvalue weighted by molar-refractivity contribution is 7.17. The van der Waals surface area contributed by atoms with Gasteiger partial charge in [0.05, 0.1) is 18.6 Å². The molecule has 1 aromatic rings. The number of carbonyl (C=O) groups is 2. The Hall–Kier alpha value is -1.40. The van der Waals surface area contributed by atoms with E-state index in [-0.39, 0.29) is 17.8 Å². The van der Waals surface area contributed by atoms with Gasteiger partial charge in [0.2, 0.25) is 5.91 Å². The SMILES string of the molecule is COC(=O)c1c(NC(=O)[C@@H]2CCCNC2)sc2c1CCC2. The minimum atomic E-state index is -0.341. The second-order valence-corrected chi connectivity index (χ2v) is 6.69. The standard InChI is InChI=1S/C15H20N2O3S/c1-20-15(19)12-10-5-2-6-11(10)21-14(12)17-13(18)9-4-3-7-16-8-9/h9,16H,2-8H2,1H3,(H,17,18)/t9-/m1/s1. The molecular weight excluding hydrogens is 288 g/mol. The van der Waals surface area contributed by atoms with Gasteiger partial charge in [-0.2, -0.15) is 0 Å². The molecule has 1 fully saturated rings. The molecule has 0 radical (unpaired) electrons. The molecule has 0 spiro atoms. The predicted molar refractivity (Wildman–Crippen MR) is 81.9 cm³/mol. The first kappa shape index (κ1) is 14.5. The number of aryl methyl sites for hydroxylation is 1. The predicted octanol–water partition coefficient (Wildman–Crippen LogP) is 1.96. The summed E-state index contributed by atoms with van der Waals surface area (Å²) in [5.41, 5.74) is 1.65. The number of hydrogen-bond acceptors (Lipinski definition) is 5. The molecule has 0 saturated carbocycles. The summed E-state index contributed by atoms with van der Waals surface area (Å²) in [5.74, 6) is -0.347. The molecule has 1 aliphatic carbocycles. The summed E-state index contributed by atoms with van der Waals surface area (Å²) in [6, 6.07) is 0. The van der Waals surface area contributed by atoms with Crippen molar-refractivity contribution >= 4 is 28.2 Å². The topological polar surface area (TPSA) is 67.4 Å². The summed E-state index contributed by atoms with van der Waals surface area (Å²) >= 11 is 1.53. The molecule has 2 heterocycles. The van der Waals surface area contributed by atoms with Crippen molar-refractivity contribution in [2.45, 2.75) is 32.1 Å². The van der Waals surface area contributed by atoms with Crippen molar-refractivity contribution in [1.82, 2.24) is 5.32 Å². The van der Waals surface area contributed by atoms with E-state index in [1.807, 2.05) is 0 Å². The molecular formula is C15H20N2O3S. The third kappa shape index (κ3) is 2.82. The van der Waals surface area contributed by atoms with Crippen LogP contribution in [0.25, 0.3) is 0 Å². The van der Waals surface area contributed by atoms with Gasteiger partial charge in [-0.3, -0.25) is 4.79 Å². The van der Waals surface area contributed by atoms with Gasteiger partial charge in [0.25, 0.3) is 0 Å². The lowest BCUT2D eigenvalue weighted by atomic mass is 9.99. The molecule has 1 atom stereocenters. The van der Waals surface area contributed by atoms with Crippen molar-refractivity contribution in [2.75, 3.05) is 25.5 Å². The van der Waals surface area contributed by atoms with Crippen molar-refractivity contribution < 1.29 is 14.3 Å². The van der Waals surface area contributed by atoms with Gasteiger partial charge in [0, 0.05) is 11.4 Å². The fourth-order valence-corrected chi connectivity index (χ4v) is 4.38. The molecule has 1 aromatic heterocycles. The molecule has 5 nitrogen and oxygen atoms in total. The van der Waals surface area contributed by atoms with Crippen LogP contribution in [0.15, 0.2) is 0 Å². The zero-order valence-electron chi connectivity index (χ0n) is 12.2. The molecule has 1 amide bonds. The minimum Gasteiger partial charge on any atom is -0.465 e. The molecule has 3 rings (SSSR count). The first-order valence-electron chi connectivity index (χ1n) is 7.45. The second kappa shape index (κ2) is 6.15. The molecule has 0 aromatic carbocycles. The van der Waals surface area contributed by atoms with Crippen molar-refractivity contribution in [1.29, 1.82) is 0 Å². The van der Waals surface area contributed by atoms with Gasteiger partial charge in [-0.1, -0.05) is 0 Å². The van der Waals surface area contributed by atoms with Crippen LogP contribution >= 0.6 is 11.3 Å². The van der Waals surface area contributed by atoms with Crippen LogP contribution < -0.4 is 10.6 Å². The fourth-order valence-electron chi connectivity index (χ4n) is 3.10. The Bertz CT molecular complexity index is 562. The van der Waals surface area contributed by atoms with Gasteiger partial charge in [-0.25, -0.2) is 4.79 Å². The summed E-state index contributed by atoms with van der Waals surface area (Å²) in [6.07, 6.45) is 4.88. The van der Waals surface area contributed by atoms with Gasteiger partial charge < -0.3 is 15.4 Å². The van der Waals surface area contributed by atoms with Gasteiger partial charge in [-0.05, 0) is 44.2 Å². The zero-order valence-corrected chi connectivity index (χ0v) is 13.0. The third-order valence-corrected chi connectivity index (χ3v) is 5.42. The Labute approximate surface area is 128 Å². The molecule has 0 unspecified atom stereocenters. The first-order valence-corrected chi connectivity index (χ1v) is 8.26. The molecule has 114 valence electrons. The quantitative estimate of drug-likeness (QED) is 0.838. The number of hydrogen-bond donors (Lipinski definition) is 2. The maximum absolute atomic E-state index is 12.4. The van der Waals surface area contributed by atoms with E-state index in [0.29, 0.717) is 17.1 Å². The first-order chi connectivity index (χ1) is 10.2. The normalized spacial score (nSPS) is 20.9. The number of piperidine rings is 1. The van der Waals surface area contributed by atoms with Crippen LogP contribution in [-0.4, -0.2) is 32.1 Å². The van der Waals surface area contributed by atoms with Gasteiger partial charge >= 0.3 is 5.97 Å². The lowest BCUT2D eigenvalue weighted by Crippen LogP contribution is -2.37. The maximum atomic E-state index is 12.4. The number of thiophene rings is 1. The number of fused-ring (bicyclic) bond motifs is 1. The molecule has 2 aliphatic rings. The average Bonchev–Trinajstić information content (AvgIpc) is 3.07. The molecule has 2 N–H and O–H groups in total. The highest BCUT2D eigenvalue weighted by Crippen LogP contribution is 2.39. The smallest absolute Gasteiger partial charge is 0.341 e. The van der Waals surface area contributed by atoms with E-state index in [4.69, 9.17) is 4.74 Å². The summed E-state index contributed by atoms with van der Waals surface area (Å²) in [6.45, 7) is 1.69. The number of methoxy groups -OCH3 is 1. The lowest BCUT2D eigenvalue weighted by Gasteiger charge is -2.21. The van der Waals surface area contributed by atoms with Crippen LogP contribution in [0.4, 0.5) is 5.00 Å². The fraction of sp³-hybridized carbons (Fsp3) is 0.600. The number of amides is 1. The summed E-state index contributed by atoms with van der Waals surface area (Å²) in [5, 5.41) is 6.87. The van der Waals surface area contributed by atoms with E-state index in [1.165, 1.54) is 23.3 Å². The molecule has 21 heavy (non-hydrogen) atoms. The van der Waals surface area contributed by atoms with E-state index in [9.17, 15) is 9.59 Å². The second-order valence-electron chi connectivity index (χ2n) is 5.59. The van der Waals surface area contributed by atoms with Crippen molar-refractivity contribution in [3.05, 3.63) is 16.0 Å². The van der Waals surface area contributed by atoms with Crippen molar-refractivity contribution in [3.8, 4) is 0 Å². The highest BCUT2D eigenvalue weighted by atomic mass is 32.1. The van der Waals surface area contributed by atoms with E-state index in [1.54, 1.807) is 0 Å². The number of anilines is 1. The Kier molecular flexibility index (Phi) is 4.26. The lowest BCUT2D eigenvalue weighted by molar-refractivity contribution is -0.120. The average molecular weight is 308 g/mol. The number of nitrogens with one attached hydrogen (secondary N) is 2. The van der Waals surface area contributed by atoms with Gasteiger partial charge in [0.1, 0.15) is 5.00 Å². The largest absolute Gasteiger partial charge is 0.465 e. The van der Waals surface area contributed by atoms with Crippen LogP contribution in [0.1, 0.15) is 40.1 Å². The zero-order chi connectivity index (χ0) is 14.8. The minimum absolute atomic E-state index is 0.00674. The van der Waals surface area contributed by atoms with Gasteiger partial charge in [-0.15, -0.1) is 11.3 Å². The summed E-state index contributed by atoms with van der Waals surface area (Å²) in [4.78, 5) is 25.6. The third-order valence-electron chi connectivity index (χ3n) is 4.22. The molecule has 6 heteroatoms. The Balaban J connectivity index is 1.81. The van der Waals surface area contributed by atoms with Crippen LogP contribution in [0.3, 0.4) is 0 Å². The van der Waals surface area contributed by atoms with Gasteiger partial charge in [0.15, 0.2) is 0 Å². The number of ether oxygens (including phenoxy) is 1. The van der Waals surface area contributed by atoms with Crippen molar-refractivity contribution in [3.63, 3.8) is 0 Å². The Morgan fingerprint density at radius 2 is 2.19 bits per heavy atom. The van der Waals surface area contributed by atoms with E-state index in [0.717, 1.165) is 44.2 Å². The van der Waals surface area contributed by atoms with Crippen LogP contribution in [-0.2, 0) is 22.4 Å². The molecule has 1 aliphatic heterocycles. The summed E-state index contributed by atoms with van der Waals surface area (Å²) in [7, 11) is 1.39. The van der Waals surface area contributed by atoms with E-state index in [2.05, 4.69) is 10.6 Å². The molecule has 1 saturated heterocycles. The number of carbonyl (C=O) groups excluding carboxylic acids is 2. The Morgan fingerprint density at radius 3 is 2.90 bits per heavy atom. The maximum Gasteiger partial charge on any atom is 0.341 e. The number of esters is 1.